The quantitative estimate of drug-likeness (QED) is 0.867. The molecule has 2 aromatic heterocycles. The van der Waals surface area contributed by atoms with Crippen LogP contribution in [0.2, 0.25) is 0 Å². The van der Waals surface area contributed by atoms with Crippen molar-refractivity contribution in [3.05, 3.63) is 22.6 Å². The number of carboxylic acids is 1. The second-order valence-corrected chi connectivity index (χ2v) is 5.08. The summed E-state index contributed by atoms with van der Waals surface area (Å²) in [5.74, 6) is -0.334. The second kappa shape index (κ2) is 6.00. The normalized spacial score (nSPS) is 10.8. The van der Waals surface area contributed by atoms with Crippen LogP contribution in [0.1, 0.15) is 41.3 Å². The lowest BCUT2D eigenvalue weighted by atomic mass is 10.0. The molecule has 8 heteroatoms. The number of aromatic amines is 1. The molecule has 2 N–H and O–H groups in total. The van der Waals surface area contributed by atoms with E-state index in [1.165, 1.54) is 0 Å². The molecule has 0 aliphatic rings. The zero-order valence-electron chi connectivity index (χ0n) is 11.5. The fourth-order valence-corrected chi connectivity index (χ4v) is 2.74. The van der Waals surface area contributed by atoms with Gasteiger partial charge in [-0.05, 0) is 37.1 Å². The summed E-state index contributed by atoms with van der Waals surface area (Å²) in [6.07, 6.45) is 1.25. The molecule has 0 unspecified atom stereocenters. The van der Waals surface area contributed by atoms with Gasteiger partial charge < -0.3 is 5.11 Å². The summed E-state index contributed by atoms with van der Waals surface area (Å²) in [5.41, 5.74) is 1.65. The number of nitrogens with zero attached hydrogens (tertiary/aromatic N) is 4. The minimum absolute atomic E-state index is 0.201. The third-order valence-corrected chi connectivity index (χ3v) is 3.64. The van der Waals surface area contributed by atoms with Crippen LogP contribution < -0.4 is 0 Å². The third-order valence-electron chi connectivity index (χ3n) is 2.79. The first kappa shape index (κ1) is 14.4. The van der Waals surface area contributed by atoms with Gasteiger partial charge in [-0.15, -0.1) is 10.2 Å². The van der Waals surface area contributed by atoms with Crippen molar-refractivity contribution in [1.82, 2.24) is 25.4 Å². The Labute approximate surface area is 120 Å². The summed E-state index contributed by atoms with van der Waals surface area (Å²) >= 11 is 1.10. The Morgan fingerprint density at radius 2 is 2.05 bits per heavy atom. The number of hydrogen-bond acceptors (Lipinski definition) is 6. The Kier molecular flexibility index (Phi) is 4.33. The van der Waals surface area contributed by atoms with Crippen molar-refractivity contribution < 1.29 is 9.90 Å². The Hall–Kier alpha value is -1.96. The summed E-state index contributed by atoms with van der Waals surface area (Å²) in [5, 5.41) is 25.0. The minimum Gasteiger partial charge on any atom is -0.478 e. The van der Waals surface area contributed by atoms with E-state index in [2.05, 4.69) is 25.4 Å². The minimum atomic E-state index is -0.999. The van der Waals surface area contributed by atoms with Gasteiger partial charge in [-0.2, -0.15) is 5.10 Å². The molecule has 0 radical (unpaired) electrons. The SMILES string of the molecule is CCc1nnc(Sc2n[nH]c(C)n2)c(C(=O)O)c1CC. The third kappa shape index (κ3) is 2.79. The molecule has 20 heavy (non-hydrogen) atoms. The number of hydrogen-bond donors (Lipinski definition) is 2. The molecular formula is C12H15N5O2S. The van der Waals surface area contributed by atoms with Crippen LogP contribution >= 0.6 is 11.8 Å². The maximum atomic E-state index is 11.5. The Balaban J connectivity index is 2.49. The highest BCUT2D eigenvalue weighted by atomic mass is 32.2. The highest BCUT2D eigenvalue weighted by Crippen LogP contribution is 2.29. The maximum absolute atomic E-state index is 11.5. The van der Waals surface area contributed by atoms with E-state index in [0.29, 0.717) is 28.8 Å². The highest BCUT2D eigenvalue weighted by Gasteiger charge is 2.22. The molecule has 2 aromatic rings. The van der Waals surface area contributed by atoms with E-state index in [9.17, 15) is 9.90 Å². The Morgan fingerprint density at radius 1 is 1.30 bits per heavy atom. The maximum Gasteiger partial charge on any atom is 0.338 e. The van der Waals surface area contributed by atoms with Crippen molar-refractivity contribution >= 4 is 17.7 Å². The predicted octanol–water partition coefficient (Wildman–Crippen LogP) is 1.88. The average Bonchev–Trinajstić information content (AvgIpc) is 2.83. The number of aromatic nitrogens is 5. The number of aryl methyl sites for hydroxylation is 2. The number of aromatic carboxylic acids is 1. The topological polar surface area (TPSA) is 105 Å². The van der Waals surface area contributed by atoms with Crippen LogP contribution in [0.4, 0.5) is 0 Å². The standard InChI is InChI=1S/C12H15N5O2S/c1-4-7-8(5-2)15-16-10(9(7)11(18)19)20-12-13-6(3)14-17-12/h4-5H2,1-3H3,(H,18,19)(H,13,14,17). The summed E-state index contributed by atoms with van der Waals surface area (Å²) in [6.45, 7) is 5.62. The van der Waals surface area contributed by atoms with Gasteiger partial charge in [-0.25, -0.2) is 9.78 Å². The van der Waals surface area contributed by atoms with E-state index in [-0.39, 0.29) is 5.56 Å². The van der Waals surface area contributed by atoms with E-state index in [1.807, 2.05) is 13.8 Å². The average molecular weight is 293 g/mol. The van der Waals surface area contributed by atoms with Crippen molar-refractivity contribution in [1.29, 1.82) is 0 Å². The molecule has 7 nitrogen and oxygen atoms in total. The molecule has 0 amide bonds. The fraction of sp³-hybridized carbons (Fsp3) is 0.417. The molecule has 0 bridgehead atoms. The van der Waals surface area contributed by atoms with Gasteiger partial charge in [-0.3, -0.25) is 5.10 Å². The van der Waals surface area contributed by atoms with Gasteiger partial charge >= 0.3 is 5.97 Å². The summed E-state index contributed by atoms with van der Waals surface area (Å²) < 4.78 is 0. The molecule has 0 fully saturated rings. The van der Waals surface area contributed by atoms with Gasteiger partial charge in [0.25, 0.3) is 0 Å². The zero-order valence-corrected chi connectivity index (χ0v) is 12.3. The molecule has 2 rings (SSSR count). The van der Waals surface area contributed by atoms with Gasteiger partial charge in [0, 0.05) is 0 Å². The monoisotopic (exact) mass is 293 g/mol. The Morgan fingerprint density at radius 3 is 2.55 bits per heavy atom. The van der Waals surface area contributed by atoms with E-state index >= 15 is 0 Å². The number of H-pyrrole nitrogens is 1. The predicted molar refractivity (Wildman–Crippen MR) is 73.0 cm³/mol. The molecule has 0 atom stereocenters. The molecule has 106 valence electrons. The van der Waals surface area contributed by atoms with Gasteiger partial charge in [0.05, 0.1) is 11.3 Å². The van der Waals surface area contributed by atoms with Crippen molar-refractivity contribution in [2.75, 3.05) is 0 Å². The first-order valence-corrected chi connectivity index (χ1v) is 7.07. The highest BCUT2D eigenvalue weighted by molar-refractivity contribution is 7.99. The second-order valence-electron chi connectivity index (χ2n) is 4.12. The largest absolute Gasteiger partial charge is 0.478 e. The van der Waals surface area contributed by atoms with E-state index < -0.39 is 5.97 Å². The smallest absolute Gasteiger partial charge is 0.338 e. The van der Waals surface area contributed by atoms with Crippen LogP contribution in [0, 0.1) is 6.92 Å². The lowest BCUT2D eigenvalue weighted by molar-refractivity contribution is 0.0690. The number of nitrogens with one attached hydrogen (secondary N) is 1. The van der Waals surface area contributed by atoms with Crippen molar-refractivity contribution in [2.45, 2.75) is 43.8 Å². The van der Waals surface area contributed by atoms with E-state index in [1.54, 1.807) is 6.92 Å². The lowest BCUT2D eigenvalue weighted by Crippen LogP contribution is -2.11. The molecule has 2 heterocycles. The van der Waals surface area contributed by atoms with Crippen LogP contribution in [0.3, 0.4) is 0 Å². The Bertz CT molecular complexity index is 641. The molecule has 0 aliphatic heterocycles. The van der Waals surface area contributed by atoms with Crippen LogP contribution in [-0.4, -0.2) is 36.5 Å². The number of rotatable bonds is 5. The van der Waals surface area contributed by atoms with Crippen LogP contribution in [0.5, 0.6) is 0 Å². The lowest BCUT2D eigenvalue weighted by Gasteiger charge is -2.10. The van der Waals surface area contributed by atoms with Gasteiger partial charge in [0.15, 0.2) is 0 Å². The van der Waals surface area contributed by atoms with Gasteiger partial charge in [-0.1, -0.05) is 13.8 Å². The van der Waals surface area contributed by atoms with E-state index in [0.717, 1.165) is 23.0 Å². The van der Waals surface area contributed by atoms with Crippen molar-refractivity contribution in [3.63, 3.8) is 0 Å². The fourth-order valence-electron chi connectivity index (χ4n) is 1.90. The number of carboxylic acid groups (broad SMARTS) is 1. The molecule has 0 saturated carbocycles. The molecular weight excluding hydrogens is 278 g/mol. The molecule has 0 saturated heterocycles. The molecule has 0 aromatic carbocycles. The summed E-state index contributed by atoms with van der Waals surface area (Å²) in [6, 6.07) is 0. The molecule has 0 spiro atoms. The zero-order chi connectivity index (χ0) is 14.7. The van der Waals surface area contributed by atoms with Crippen molar-refractivity contribution in [2.24, 2.45) is 0 Å². The van der Waals surface area contributed by atoms with Crippen LogP contribution in [-0.2, 0) is 12.8 Å². The van der Waals surface area contributed by atoms with Crippen molar-refractivity contribution in [3.8, 4) is 0 Å². The van der Waals surface area contributed by atoms with Crippen LogP contribution in [0.25, 0.3) is 0 Å². The first-order valence-electron chi connectivity index (χ1n) is 6.25. The number of carbonyl (C=O) groups is 1. The summed E-state index contributed by atoms with van der Waals surface area (Å²) in [4.78, 5) is 15.7. The summed E-state index contributed by atoms with van der Waals surface area (Å²) in [7, 11) is 0. The van der Waals surface area contributed by atoms with Crippen LogP contribution in [0.15, 0.2) is 10.2 Å². The van der Waals surface area contributed by atoms with Gasteiger partial charge in [0.2, 0.25) is 5.16 Å². The molecule has 0 aliphatic carbocycles. The van der Waals surface area contributed by atoms with Gasteiger partial charge in [0.1, 0.15) is 10.9 Å². The first-order chi connectivity index (χ1) is 9.56. The van der Waals surface area contributed by atoms with E-state index in [4.69, 9.17) is 0 Å².